The molecule has 3 aliphatic rings. The van der Waals surface area contributed by atoms with Crippen LogP contribution in [0.1, 0.15) is 37.9 Å². The van der Waals surface area contributed by atoms with Crippen LogP contribution in [0.25, 0.3) is 11.3 Å². The van der Waals surface area contributed by atoms with Crippen molar-refractivity contribution in [2.45, 2.75) is 51.1 Å². The highest BCUT2D eigenvalue weighted by Gasteiger charge is 2.41. The van der Waals surface area contributed by atoms with Crippen LogP contribution in [0.5, 0.6) is 0 Å². The summed E-state index contributed by atoms with van der Waals surface area (Å²) >= 11 is 0. The van der Waals surface area contributed by atoms with Gasteiger partial charge in [0.05, 0.1) is 11.6 Å². The van der Waals surface area contributed by atoms with Crippen molar-refractivity contribution in [1.82, 2.24) is 14.5 Å². The molecule has 1 saturated carbocycles. The molecule has 1 aliphatic carbocycles. The Morgan fingerprint density at radius 2 is 1.96 bits per heavy atom. The van der Waals surface area contributed by atoms with Crippen molar-refractivity contribution in [3.8, 4) is 11.3 Å². The van der Waals surface area contributed by atoms with E-state index in [1.54, 1.807) is 0 Å². The van der Waals surface area contributed by atoms with Gasteiger partial charge >= 0.3 is 0 Å². The van der Waals surface area contributed by atoms with Crippen LogP contribution in [0.4, 0.5) is 5.69 Å². The summed E-state index contributed by atoms with van der Waals surface area (Å²) in [6.07, 6.45) is 8.10. The third-order valence-electron chi connectivity index (χ3n) is 5.87. The summed E-state index contributed by atoms with van der Waals surface area (Å²) in [6, 6.07) is 8.22. The van der Waals surface area contributed by atoms with E-state index >= 15 is 0 Å². The van der Waals surface area contributed by atoms with E-state index in [0.717, 1.165) is 42.8 Å². The molecule has 0 bridgehead atoms. The number of aromatic nitrogens is 2. The number of anilines is 1. The number of fused-ring (bicyclic) bond motifs is 1. The molecule has 3 heterocycles. The topological polar surface area (TPSA) is 67.2 Å². The van der Waals surface area contributed by atoms with Crippen molar-refractivity contribution < 1.29 is 9.59 Å². The molecule has 2 amide bonds. The van der Waals surface area contributed by atoms with E-state index in [9.17, 15) is 9.59 Å². The molecule has 1 aromatic heterocycles. The minimum Gasteiger partial charge on any atom is -0.339 e. The summed E-state index contributed by atoms with van der Waals surface area (Å²) < 4.78 is 2.25. The molecule has 2 aliphatic heterocycles. The number of carbonyl (C=O) groups excluding carboxylic acids is 2. The summed E-state index contributed by atoms with van der Waals surface area (Å²) in [4.78, 5) is 31.2. The molecular weight excluding hydrogens is 340 g/mol. The third-order valence-corrected chi connectivity index (χ3v) is 5.87. The second-order valence-corrected chi connectivity index (χ2v) is 7.94. The van der Waals surface area contributed by atoms with Gasteiger partial charge in [-0.3, -0.25) is 9.59 Å². The molecule has 5 rings (SSSR count). The molecule has 6 heteroatoms. The number of amides is 2. The first kappa shape index (κ1) is 16.5. The van der Waals surface area contributed by atoms with Crippen LogP contribution >= 0.6 is 0 Å². The Morgan fingerprint density at radius 3 is 2.70 bits per heavy atom. The van der Waals surface area contributed by atoms with Crippen LogP contribution in [-0.2, 0) is 22.6 Å². The standard InChI is InChI=1S/C21H24N4O2/c26-20-11-15(12-25(20)17-8-9-17)21(27)22-16-6-4-14(5-7-16)18-13-24-10-2-1-3-19(24)23-18/h4-7,13,15,17H,1-3,8-12H2,(H,22,27). The van der Waals surface area contributed by atoms with Crippen LogP contribution in [0.15, 0.2) is 30.5 Å². The van der Waals surface area contributed by atoms with Crippen LogP contribution in [-0.4, -0.2) is 38.9 Å². The van der Waals surface area contributed by atoms with Gasteiger partial charge in [-0.15, -0.1) is 0 Å². The van der Waals surface area contributed by atoms with Crippen LogP contribution < -0.4 is 5.32 Å². The van der Waals surface area contributed by atoms with Crippen molar-refractivity contribution >= 4 is 17.5 Å². The highest BCUT2D eigenvalue weighted by molar-refractivity contribution is 5.97. The fourth-order valence-electron chi connectivity index (χ4n) is 4.17. The average Bonchev–Trinajstić information content (AvgIpc) is 3.30. The molecule has 27 heavy (non-hydrogen) atoms. The molecule has 6 nitrogen and oxygen atoms in total. The zero-order chi connectivity index (χ0) is 18.4. The Morgan fingerprint density at radius 1 is 1.15 bits per heavy atom. The predicted molar refractivity (Wildman–Crippen MR) is 102 cm³/mol. The van der Waals surface area contributed by atoms with Gasteiger partial charge in [0, 0.05) is 49.4 Å². The van der Waals surface area contributed by atoms with Crippen LogP contribution in [0.2, 0.25) is 0 Å². The Hall–Kier alpha value is -2.63. The molecule has 2 aromatic rings. The van der Waals surface area contributed by atoms with Gasteiger partial charge in [0.25, 0.3) is 0 Å². The van der Waals surface area contributed by atoms with Crippen molar-refractivity contribution in [2.75, 3.05) is 11.9 Å². The summed E-state index contributed by atoms with van der Waals surface area (Å²) in [5.41, 5.74) is 2.82. The maximum atomic E-state index is 12.5. The Balaban J connectivity index is 1.24. The van der Waals surface area contributed by atoms with E-state index in [-0.39, 0.29) is 17.7 Å². The number of benzene rings is 1. The number of hydrogen-bond acceptors (Lipinski definition) is 3. The first-order chi connectivity index (χ1) is 13.2. The fraction of sp³-hybridized carbons (Fsp3) is 0.476. The highest BCUT2D eigenvalue weighted by atomic mass is 16.2. The van der Waals surface area contributed by atoms with Gasteiger partial charge in [-0.25, -0.2) is 4.98 Å². The van der Waals surface area contributed by atoms with Crippen LogP contribution in [0, 0.1) is 5.92 Å². The summed E-state index contributed by atoms with van der Waals surface area (Å²) in [5.74, 6) is 0.992. The van der Waals surface area contributed by atoms with E-state index in [1.807, 2.05) is 29.2 Å². The minimum absolute atomic E-state index is 0.0586. The average molecular weight is 364 g/mol. The lowest BCUT2D eigenvalue weighted by Crippen LogP contribution is -2.29. The molecule has 2 fully saturated rings. The number of hydrogen-bond donors (Lipinski definition) is 1. The van der Waals surface area contributed by atoms with Crippen molar-refractivity contribution in [1.29, 1.82) is 0 Å². The smallest absolute Gasteiger partial charge is 0.229 e. The van der Waals surface area contributed by atoms with Gasteiger partial charge in [-0.2, -0.15) is 0 Å². The minimum atomic E-state index is -0.238. The number of likely N-dealkylation sites (tertiary alicyclic amines) is 1. The predicted octanol–water partition coefficient (Wildman–Crippen LogP) is 2.84. The fourth-order valence-corrected chi connectivity index (χ4v) is 4.17. The van der Waals surface area contributed by atoms with Gasteiger partial charge in [0.1, 0.15) is 5.82 Å². The number of nitrogens with one attached hydrogen (secondary N) is 1. The van der Waals surface area contributed by atoms with E-state index in [0.29, 0.717) is 19.0 Å². The first-order valence-corrected chi connectivity index (χ1v) is 9.94. The van der Waals surface area contributed by atoms with Gasteiger partial charge in [0.2, 0.25) is 11.8 Å². The highest BCUT2D eigenvalue weighted by Crippen LogP contribution is 2.33. The summed E-state index contributed by atoms with van der Waals surface area (Å²) in [7, 11) is 0. The molecule has 1 aromatic carbocycles. The summed E-state index contributed by atoms with van der Waals surface area (Å²) in [6.45, 7) is 1.61. The molecule has 1 saturated heterocycles. The monoisotopic (exact) mass is 364 g/mol. The second kappa shape index (κ2) is 6.51. The largest absolute Gasteiger partial charge is 0.339 e. The molecule has 1 atom stereocenters. The maximum absolute atomic E-state index is 12.5. The number of imidazole rings is 1. The molecule has 0 spiro atoms. The zero-order valence-electron chi connectivity index (χ0n) is 15.4. The molecule has 140 valence electrons. The van der Waals surface area contributed by atoms with Crippen LogP contribution in [0.3, 0.4) is 0 Å². The van der Waals surface area contributed by atoms with Crippen molar-refractivity contribution in [3.05, 3.63) is 36.3 Å². The molecule has 1 unspecified atom stereocenters. The Kier molecular flexibility index (Phi) is 3.99. The number of aryl methyl sites for hydroxylation is 2. The lowest BCUT2D eigenvalue weighted by molar-refractivity contribution is -0.128. The SMILES string of the molecule is O=C(Nc1ccc(-c2cn3c(n2)CCCC3)cc1)C1CC(=O)N(C2CC2)C1. The molecule has 1 N–H and O–H groups in total. The van der Waals surface area contributed by atoms with E-state index < -0.39 is 0 Å². The van der Waals surface area contributed by atoms with Crippen molar-refractivity contribution in [3.63, 3.8) is 0 Å². The molecular formula is C21H24N4O2. The summed E-state index contributed by atoms with van der Waals surface area (Å²) in [5, 5.41) is 2.97. The molecule has 0 radical (unpaired) electrons. The number of nitrogens with zero attached hydrogens (tertiary/aromatic N) is 3. The van der Waals surface area contributed by atoms with Gasteiger partial charge in [-0.05, 0) is 37.8 Å². The maximum Gasteiger partial charge on any atom is 0.229 e. The lowest BCUT2D eigenvalue weighted by Gasteiger charge is -2.15. The van der Waals surface area contributed by atoms with Crippen molar-refractivity contribution in [2.24, 2.45) is 5.92 Å². The van der Waals surface area contributed by atoms with E-state index in [1.165, 1.54) is 18.7 Å². The van der Waals surface area contributed by atoms with Gasteiger partial charge < -0.3 is 14.8 Å². The zero-order valence-corrected chi connectivity index (χ0v) is 15.4. The van der Waals surface area contributed by atoms with Gasteiger partial charge in [0.15, 0.2) is 0 Å². The lowest BCUT2D eigenvalue weighted by atomic mass is 10.1. The first-order valence-electron chi connectivity index (χ1n) is 9.94. The quantitative estimate of drug-likeness (QED) is 0.907. The Bertz CT molecular complexity index is 859. The van der Waals surface area contributed by atoms with E-state index in [2.05, 4.69) is 16.1 Å². The normalized spacial score (nSPS) is 22.0. The van der Waals surface area contributed by atoms with E-state index in [4.69, 9.17) is 4.98 Å². The van der Waals surface area contributed by atoms with Gasteiger partial charge in [-0.1, -0.05) is 12.1 Å². The Labute approximate surface area is 158 Å². The number of rotatable bonds is 4. The number of carbonyl (C=O) groups is 2. The third kappa shape index (κ3) is 3.24. The second-order valence-electron chi connectivity index (χ2n) is 7.94.